The number of piperidine rings is 2. The van der Waals surface area contributed by atoms with Gasteiger partial charge in [0, 0.05) is 0 Å². The Kier molecular flexibility index (Phi) is 10.1. The monoisotopic (exact) mass is 510 g/mol. The van der Waals surface area contributed by atoms with Crippen LogP contribution in [-0.2, 0) is 0 Å². The average molecular weight is 510 g/mol. The van der Waals surface area contributed by atoms with Gasteiger partial charge in [-0.2, -0.15) is 0 Å². The second kappa shape index (κ2) is 9.47. The van der Waals surface area contributed by atoms with Crippen LogP contribution >= 0.6 is 0 Å². The Labute approximate surface area is 159 Å². The number of likely N-dealkylation sites (N-methyl/N-ethyl adjacent to an activating group) is 2. The summed E-state index contributed by atoms with van der Waals surface area (Å²) < 4.78 is 2.20. The number of nitrogens with zero attached hydrogens (tertiary/aromatic N) is 2. The van der Waals surface area contributed by atoms with Gasteiger partial charge in [-0.25, -0.2) is 0 Å². The molecule has 2 heterocycles. The van der Waals surface area contributed by atoms with Gasteiger partial charge in [0.05, 0.1) is 40.3 Å². The summed E-state index contributed by atoms with van der Waals surface area (Å²) >= 11 is 0. The molecule has 2 saturated heterocycles. The zero-order valence-corrected chi connectivity index (χ0v) is 17.5. The van der Waals surface area contributed by atoms with Crippen LogP contribution < -0.4 is 48.0 Å². The molecule has 122 valence electrons. The van der Waals surface area contributed by atoms with Crippen molar-refractivity contribution in [3.8, 4) is 0 Å². The lowest BCUT2D eigenvalue weighted by Crippen LogP contribution is -3.00. The maximum absolute atomic E-state index is 10.5. The topological polar surface area (TPSA) is 20.2 Å². The maximum Gasteiger partial charge on any atom is 0.152 e. The minimum Gasteiger partial charge on any atom is -1.00 e. The molecule has 2 rings (SSSR count). The second-order valence-electron chi connectivity index (χ2n) is 7.27. The highest BCUT2D eigenvalue weighted by Gasteiger charge is 2.33. The average Bonchev–Trinajstić information content (AvgIpc) is 2.29. The van der Waals surface area contributed by atoms with Gasteiger partial charge in [0.1, 0.15) is 13.1 Å². The van der Waals surface area contributed by atoms with Gasteiger partial charge < -0.3 is 62.0 Å². The Morgan fingerprint density at radius 3 is 1.30 bits per heavy atom. The maximum atomic E-state index is 10.5. The number of rotatable bonds is 4. The highest BCUT2D eigenvalue weighted by molar-refractivity contribution is 4.61. The molecule has 0 amide bonds. The number of quaternary nitrogens is 2. The zero-order valence-electron chi connectivity index (χ0n) is 13.2. The van der Waals surface area contributed by atoms with Crippen LogP contribution in [0.25, 0.3) is 0 Å². The van der Waals surface area contributed by atoms with E-state index in [4.69, 9.17) is 0 Å². The van der Waals surface area contributed by atoms with Crippen molar-refractivity contribution in [1.29, 1.82) is 0 Å². The lowest BCUT2D eigenvalue weighted by Gasteiger charge is -2.42. The highest BCUT2D eigenvalue weighted by Crippen LogP contribution is 2.20. The first-order valence-corrected chi connectivity index (χ1v) is 7.87. The van der Waals surface area contributed by atoms with Crippen LogP contribution in [0.2, 0.25) is 0 Å². The largest absolute Gasteiger partial charge is 1.00 e. The van der Waals surface area contributed by atoms with Crippen LogP contribution in [0.3, 0.4) is 0 Å². The summed E-state index contributed by atoms with van der Waals surface area (Å²) in [5.74, 6) is 0. The van der Waals surface area contributed by atoms with Crippen LogP contribution in [0.1, 0.15) is 38.5 Å². The number of hydrogen-bond donors (Lipinski definition) is 1. The molecule has 0 atom stereocenters. The van der Waals surface area contributed by atoms with Crippen LogP contribution in [0, 0.1) is 0 Å². The molecule has 5 heteroatoms. The Balaban J connectivity index is 0.00000180. The standard InChI is InChI=1S/C15H32N2O.2HI/c1-16(9-5-3-6-10-16)13-15(18)14-17(2)11-7-4-8-12-17;;/h15,18H,3-14H2,1-2H3;2*1H/q+2;;/p-2. The van der Waals surface area contributed by atoms with E-state index in [9.17, 15) is 5.11 Å². The number of halogens is 2. The molecule has 2 fully saturated rings. The summed E-state index contributed by atoms with van der Waals surface area (Å²) in [4.78, 5) is 0. The molecule has 0 bridgehead atoms. The van der Waals surface area contributed by atoms with E-state index in [0.717, 1.165) is 22.1 Å². The highest BCUT2D eigenvalue weighted by atomic mass is 127. The summed E-state index contributed by atoms with van der Waals surface area (Å²) in [6.45, 7) is 6.99. The molecule has 0 aromatic heterocycles. The summed E-state index contributed by atoms with van der Waals surface area (Å²) in [5, 5.41) is 10.5. The van der Waals surface area contributed by atoms with Crippen LogP contribution in [-0.4, -0.2) is 73.5 Å². The molecular formula is C15H32I2N2O. The van der Waals surface area contributed by atoms with Crippen LogP contribution in [0.4, 0.5) is 0 Å². The Hall–Kier alpha value is 1.34. The molecule has 0 aliphatic carbocycles. The predicted octanol–water partition coefficient (Wildman–Crippen LogP) is -4.38. The van der Waals surface area contributed by atoms with E-state index in [2.05, 4.69) is 14.1 Å². The van der Waals surface area contributed by atoms with Gasteiger partial charge in [0.25, 0.3) is 0 Å². The third kappa shape index (κ3) is 6.62. The SMILES string of the molecule is C[N+]1(CC(O)C[N+]2(C)CCCCC2)CCCCC1.[I-].[I-]. The smallest absolute Gasteiger partial charge is 0.152 e. The van der Waals surface area contributed by atoms with Crippen molar-refractivity contribution in [1.82, 2.24) is 0 Å². The third-order valence-electron chi connectivity index (χ3n) is 5.09. The fourth-order valence-corrected chi connectivity index (χ4v) is 3.99. The number of hydrogen-bond acceptors (Lipinski definition) is 1. The van der Waals surface area contributed by atoms with E-state index in [0.29, 0.717) is 0 Å². The summed E-state index contributed by atoms with van der Waals surface area (Å²) in [6.07, 6.45) is 8.03. The summed E-state index contributed by atoms with van der Waals surface area (Å²) in [5.41, 5.74) is 0. The molecule has 20 heavy (non-hydrogen) atoms. The fraction of sp³-hybridized carbons (Fsp3) is 1.00. The minimum absolute atomic E-state index is 0. The van der Waals surface area contributed by atoms with Gasteiger partial charge >= 0.3 is 0 Å². The van der Waals surface area contributed by atoms with Crippen LogP contribution in [0.5, 0.6) is 0 Å². The lowest BCUT2D eigenvalue weighted by atomic mass is 10.1. The first-order chi connectivity index (χ1) is 8.52. The molecule has 2 aliphatic heterocycles. The second-order valence-corrected chi connectivity index (χ2v) is 7.27. The Morgan fingerprint density at radius 1 is 0.700 bits per heavy atom. The van der Waals surface area contributed by atoms with E-state index in [1.807, 2.05) is 0 Å². The molecule has 0 radical (unpaired) electrons. The van der Waals surface area contributed by atoms with Gasteiger partial charge in [-0.3, -0.25) is 0 Å². The molecule has 3 nitrogen and oxygen atoms in total. The molecule has 0 unspecified atom stereocenters. The number of aliphatic hydroxyl groups excluding tert-OH is 1. The van der Waals surface area contributed by atoms with Gasteiger partial charge in [-0.15, -0.1) is 0 Å². The van der Waals surface area contributed by atoms with E-state index in [1.165, 1.54) is 64.7 Å². The molecule has 0 aromatic rings. The Bertz CT molecular complexity index is 239. The quantitative estimate of drug-likeness (QED) is 0.300. The van der Waals surface area contributed by atoms with Crippen molar-refractivity contribution in [2.75, 3.05) is 53.4 Å². The van der Waals surface area contributed by atoms with Gasteiger partial charge in [0.2, 0.25) is 0 Å². The molecule has 0 aromatic carbocycles. The summed E-state index contributed by atoms with van der Waals surface area (Å²) in [6, 6.07) is 0. The lowest BCUT2D eigenvalue weighted by molar-refractivity contribution is -0.937. The van der Waals surface area contributed by atoms with Crippen molar-refractivity contribution < 1.29 is 62.0 Å². The van der Waals surface area contributed by atoms with Gasteiger partial charge in [-0.1, -0.05) is 0 Å². The van der Waals surface area contributed by atoms with Crippen molar-refractivity contribution in [3.05, 3.63) is 0 Å². The third-order valence-corrected chi connectivity index (χ3v) is 5.09. The first kappa shape index (κ1) is 21.3. The van der Waals surface area contributed by atoms with Crippen molar-refractivity contribution in [2.24, 2.45) is 0 Å². The van der Waals surface area contributed by atoms with Gasteiger partial charge in [0.15, 0.2) is 6.10 Å². The molecule has 0 spiro atoms. The normalized spacial score (nSPS) is 24.6. The number of aliphatic hydroxyl groups is 1. The van der Waals surface area contributed by atoms with E-state index in [-0.39, 0.29) is 54.1 Å². The fourth-order valence-electron chi connectivity index (χ4n) is 3.99. The van der Waals surface area contributed by atoms with E-state index >= 15 is 0 Å². The van der Waals surface area contributed by atoms with E-state index in [1.54, 1.807) is 0 Å². The molecule has 1 N–H and O–H groups in total. The molecule has 2 aliphatic rings. The number of likely N-dealkylation sites (tertiary alicyclic amines) is 2. The van der Waals surface area contributed by atoms with Crippen LogP contribution in [0.15, 0.2) is 0 Å². The van der Waals surface area contributed by atoms with E-state index < -0.39 is 0 Å². The minimum atomic E-state index is -0.115. The van der Waals surface area contributed by atoms with Crippen molar-refractivity contribution >= 4 is 0 Å². The predicted molar refractivity (Wildman–Crippen MR) is 75.3 cm³/mol. The van der Waals surface area contributed by atoms with Crippen molar-refractivity contribution in [3.63, 3.8) is 0 Å². The van der Waals surface area contributed by atoms with Crippen molar-refractivity contribution in [2.45, 2.75) is 44.6 Å². The zero-order chi connectivity index (χ0) is 13.1. The van der Waals surface area contributed by atoms with Gasteiger partial charge in [-0.05, 0) is 38.5 Å². The molecular weight excluding hydrogens is 478 g/mol. The first-order valence-electron chi connectivity index (χ1n) is 7.87. The Morgan fingerprint density at radius 2 is 1.00 bits per heavy atom. The summed E-state index contributed by atoms with van der Waals surface area (Å²) in [7, 11) is 4.66. The molecule has 0 saturated carbocycles.